The van der Waals surface area contributed by atoms with Crippen molar-refractivity contribution in [3.05, 3.63) is 58.1 Å². The molecule has 1 aliphatic rings. The molecule has 0 saturated carbocycles. The minimum absolute atomic E-state index is 0.227. The zero-order valence-corrected chi connectivity index (χ0v) is 16.6. The molecule has 0 radical (unpaired) electrons. The highest BCUT2D eigenvalue weighted by Crippen LogP contribution is 2.32. The monoisotopic (exact) mass is 399 g/mol. The lowest BCUT2D eigenvalue weighted by Gasteiger charge is -2.20. The Kier molecular flexibility index (Phi) is 5.23. The average Bonchev–Trinajstić information content (AvgIpc) is 3.27. The number of thiazole rings is 1. The van der Waals surface area contributed by atoms with Crippen molar-refractivity contribution in [2.24, 2.45) is 0 Å². The number of carbonyl (C=O) groups is 1. The summed E-state index contributed by atoms with van der Waals surface area (Å²) in [7, 11) is 0. The first kappa shape index (κ1) is 18.8. The van der Waals surface area contributed by atoms with E-state index in [0.29, 0.717) is 33.7 Å². The van der Waals surface area contributed by atoms with Gasteiger partial charge in [-0.25, -0.2) is 14.1 Å². The van der Waals surface area contributed by atoms with Gasteiger partial charge in [0, 0.05) is 11.1 Å². The summed E-state index contributed by atoms with van der Waals surface area (Å²) in [5.41, 5.74) is 2.55. The minimum atomic E-state index is -0.309. The number of nitrogens with one attached hydrogen (secondary N) is 2. The Hall–Kier alpha value is -2.58. The van der Waals surface area contributed by atoms with Gasteiger partial charge in [0.1, 0.15) is 5.82 Å². The van der Waals surface area contributed by atoms with Gasteiger partial charge in [0.05, 0.1) is 22.6 Å². The van der Waals surface area contributed by atoms with Gasteiger partial charge in [0.15, 0.2) is 5.13 Å². The molecular formula is C20H22FN5OS. The van der Waals surface area contributed by atoms with Crippen LogP contribution in [0.2, 0.25) is 0 Å². The number of aryl methyl sites for hydroxylation is 1. The molecule has 0 spiro atoms. The van der Waals surface area contributed by atoms with Gasteiger partial charge in [-0.2, -0.15) is 5.10 Å². The van der Waals surface area contributed by atoms with Gasteiger partial charge in [-0.15, -0.1) is 11.3 Å². The molecule has 0 atom stereocenters. The second kappa shape index (κ2) is 7.81. The van der Waals surface area contributed by atoms with Crippen LogP contribution in [0.3, 0.4) is 0 Å². The second-order valence-electron chi connectivity index (χ2n) is 6.98. The molecule has 2 N–H and O–H groups in total. The van der Waals surface area contributed by atoms with E-state index in [1.54, 1.807) is 23.7 Å². The Balaban J connectivity index is 1.54. The van der Waals surface area contributed by atoms with Gasteiger partial charge in [-0.1, -0.05) is 0 Å². The lowest BCUT2D eigenvalue weighted by molar-refractivity contribution is 0.102. The van der Waals surface area contributed by atoms with Crippen molar-refractivity contribution in [2.75, 3.05) is 18.4 Å². The number of halogens is 1. The Labute approximate surface area is 166 Å². The van der Waals surface area contributed by atoms with E-state index in [0.717, 1.165) is 25.9 Å². The molecule has 1 saturated heterocycles. The van der Waals surface area contributed by atoms with E-state index in [1.165, 1.54) is 28.3 Å². The van der Waals surface area contributed by atoms with Crippen LogP contribution in [-0.4, -0.2) is 33.8 Å². The predicted octanol–water partition coefficient (Wildman–Crippen LogP) is 3.80. The molecule has 6 nitrogen and oxygen atoms in total. The Morgan fingerprint density at radius 2 is 1.96 bits per heavy atom. The first-order valence-electron chi connectivity index (χ1n) is 9.33. The Morgan fingerprint density at radius 3 is 2.68 bits per heavy atom. The van der Waals surface area contributed by atoms with Crippen molar-refractivity contribution < 1.29 is 9.18 Å². The zero-order chi connectivity index (χ0) is 19.7. The van der Waals surface area contributed by atoms with Gasteiger partial charge >= 0.3 is 0 Å². The summed E-state index contributed by atoms with van der Waals surface area (Å²) in [4.78, 5) is 18.5. The van der Waals surface area contributed by atoms with Crippen molar-refractivity contribution in [3.8, 4) is 5.69 Å². The highest BCUT2D eigenvalue weighted by molar-refractivity contribution is 7.15. The lowest BCUT2D eigenvalue weighted by Crippen LogP contribution is -2.26. The molecule has 8 heteroatoms. The van der Waals surface area contributed by atoms with Crippen LogP contribution in [0.4, 0.5) is 9.52 Å². The largest absolute Gasteiger partial charge is 0.317 e. The number of amides is 1. The standard InChI is InChI=1S/C20H22FN5OS/c1-12-18(13(2)26(25-12)16-5-3-15(21)4-6-16)19(27)24-20-23-11-17(28-20)14-7-9-22-10-8-14/h3-6,11,14,22H,7-10H2,1-2H3,(H,23,24,27). The summed E-state index contributed by atoms with van der Waals surface area (Å²) in [5, 5.41) is 11.3. The van der Waals surface area contributed by atoms with E-state index in [-0.39, 0.29) is 11.7 Å². The first-order chi connectivity index (χ1) is 13.5. The quantitative estimate of drug-likeness (QED) is 0.700. The number of piperidine rings is 1. The molecular weight excluding hydrogens is 377 g/mol. The van der Waals surface area contributed by atoms with Gasteiger partial charge < -0.3 is 5.32 Å². The fraction of sp³-hybridized carbons (Fsp3) is 0.350. The van der Waals surface area contributed by atoms with Crippen LogP contribution < -0.4 is 10.6 Å². The molecule has 0 aliphatic carbocycles. The van der Waals surface area contributed by atoms with Crippen molar-refractivity contribution in [2.45, 2.75) is 32.6 Å². The van der Waals surface area contributed by atoms with Crippen LogP contribution in [0.1, 0.15) is 45.4 Å². The molecule has 1 aromatic carbocycles. The molecule has 3 heterocycles. The number of carbonyl (C=O) groups excluding carboxylic acids is 1. The fourth-order valence-electron chi connectivity index (χ4n) is 3.60. The number of hydrogen-bond donors (Lipinski definition) is 2. The van der Waals surface area contributed by atoms with Crippen LogP contribution in [0, 0.1) is 19.7 Å². The van der Waals surface area contributed by atoms with Crippen LogP contribution in [0.25, 0.3) is 5.69 Å². The maximum atomic E-state index is 13.2. The second-order valence-corrected chi connectivity index (χ2v) is 8.04. The molecule has 146 valence electrons. The number of benzene rings is 1. The third-order valence-electron chi connectivity index (χ3n) is 5.08. The predicted molar refractivity (Wildman–Crippen MR) is 108 cm³/mol. The fourth-order valence-corrected chi connectivity index (χ4v) is 4.58. The first-order valence-corrected chi connectivity index (χ1v) is 10.1. The molecule has 28 heavy (non-hydrogen) atoms. The average molecular weight is 399 g/mol. The summed E-state index contributed by atoms with van der Waals surface area (Å²) < 4.78 is 14.9. The van der Waals surface area contributed by atoms with E-state index in [4.69, 9.17) is 0 Å². The Bertz CT molecular complexity index is 989. The molecule has 1 amide bonds. The van der Waals surface area contributed by atoms with Crippen LogP contribution in [-0.2, 0) is 0 Å². The summed E-state index contributed by atoms with van der Waals surface area (Å²) >= 11 is 1.54. The maximum absolute atomic E-state index is 13.2. The van der Waals surface area contributed by atoms with Crippen LogP contribution >= 0.6 is 11.3 Å². The number of aromatic nitrogens is 3. The Morgan fingerprint density at radius 1 is 1.25 bits per heavy atom. The summed E-state index contributed by atoms with van der Waals surface area (Å²) in [6, 6.07) is 6.04. The molecule has 1 aliphatic heterocycles. The highest BCUT2D eigenvalue weighted by atomic mass is 32.1. The van der Waals surface area contributed by atoms with E-state index < -0.39 is 0 Å². The maximum Gasteiger partial charge on any atom is 0.261 e. The van der Waals surface area contributed by atoms with Gasteiger partial charge in [0.25, 0.3) is 5.91 Å². The SMILES string of the molecule is Cc1nn(-c2ccc(F)cc2)c(C)c1C(=O)Nc1ncc(C2CCNCC2)s1. The normalized spacial score (nSPS) is 15.0. The van der Waals surface area contributed by atoms with E-state index in [1.807, 2.05) is 13.1 Å². The van der Waals surface area contributed by atoms with E-state index in [2.05, 4.69) is 20.7 Å². The number of anilines is 1. The summed E-state index contributed by atoms with van der Waals surface area (Å²) in [6.07, 6.45) is 4.06. The minimum Gasteiger partial charge on any atom is -0.317 e. The molecule has 4 rings (SSSR count). The highest BCUT2D eigenvalue weighted by Gasteiger charge is 2.22. The van der Waals surface area contributed by atoms with E-state index >= 15 is 0 Å². The molecule has 0 bridgehead atoms. The smallest absolute Gasteiger partial charge is 0.261 e. The third kappa shape index (κ3) is 3.70. The van der Waals surface area contributed by atoms with Crippen LogP contribution in [0.5, 0.6) is 0 Å². The topological polar surface area (TPSA) is 71.8 Å². The summed E-state index contributed by atoms with van der Waals surface area (Å²) in [6.45, 7) is 5.67. The van der Waals surface area contributed by atoms with Crippen LogP contribution in [0.15, 0.2) is 30.5 Å². The number of hydrogen-bond acceptors (Lipinski definition) is 5. The summed E-state index contributed by atoms with van der Waals surface area (Å²) in [5.74, 6) is -0.0276. The van der Waals surface area contributed by atoms with Crippen molar-refractivity contribution in [1.82, 2.24) is 20.1 Å². The van der Waals surface area contributed by atoms with Gasteiger partial charge in [0.2, 0.25) is 0 Å². The molecule has 1 fully saturated rings. The van der Waals surface area contributed by atoms with Gasteiger partial charge in [-0.3, -0.25) is 10.1 Å². The number of rotatable bonds is 4. The molecule has 3 aromatic rings. The van der Waals surface area contributed by atoms with Crippen molar-refractivity contribution in [1.29, 1.82) is 0 Å². The molecule has 0 unspecified atom stereocenters. The van der Waals surface area contributed by atoms with Crippen molar-refractivity contribution >= 4 is 22.4 Å². The lowest BCUT2D eigenvalue weighted by atomic mass is 9.97. The number of nitrogens with zero attached hydrogens (tertiary/aromatic N) is 3. The molecule has 2 aromatic heterocycles. The van der Waals surface area contributed by atoms with E-state index in [9.17, 15) is 9.18 Å². The van der Waals surface area contributed by atoms with Gasteiger partial charge in [-0.05, 0) is 70.0 Å². The zero-order valence-electron chi connectivity index (χ0n) is 15.8. The third-order valence-corrected chi connectivity index (χ3v) is 6.15. The van der Waals surface area contributed by atoms with Crippen molar-refractivity contribution in [3.63, 3.8) is 0 Å².